The summed E-state index contributed by atoms with van der Waals surface area (Å²) in [4.78, 5) is 14.6. The third-order valence-corrected chi connectivity index (χ3v) is 7.14. The number of anilines is 1. The predicted octanol–water partition coefficient (Wildman–Crippen LogP) is 4.87. The highest BCUT2D eigenvalue weighted by atomic mass is 35.5. The van der Waals surface area contributed by atoms with Gasteiger partial charge in [-0.15, -0.1) is 0 Å². The van der Waals surface area contributed by atoms with Gasteiger partial charge in [0, 0.05) is 10.7 Å². The van der Waals surface area contributed by atoms with Crippen molar-refractivity contribution in [3.8, 4) is 0 Å². The first-order valence-electron chi connectivity index (χ1n) is 9.96. The largest absolute Gasteiger partial charge is 0.332 e. The van der Waals surface area contributed by atoms with E-state index < -0.39 is 21.4 Å². The van der Waals surface area contributed by atoms with Gasteiger partial charge in [-0.1, -0.05) is 46.2 Å². The van der Waals surface area contributed by atoms with Gasteiger partial charge < -0.3 is 5.32 Å². The predicted molar refractivity (Wildman–Crippen MR) is 116 cm³/mol. The molecule has 2 rings (SSSR count). The average molecular weight is 430 g/mol. The van der Waals surface area contributed by atoms with Gasteiger partial charge in [-0.25, -0.2) is 17.9 Å². The van der Waals surface area contributed by atoms with E-state index in [2.05, 4.69) is 10.0 Å². The first kappa shape index (κ1) is 23.0. The Hall–Kier alpha value is -1.31. The van der Waals surface area contributed by atoms with Crippen LogP contribution >= 0.6 is 11.6 Å². The zero-order valence-corrected chi connectivity index (χ0v) is 19.0. The Labute approximate surface area is 174 Å². The third-order valence-electron chi connectivity index (χ3n) is 5.20. The number of amides is 2. The van der Waals surface area contributed by atoms with Crippen molar-refractivity contribution in [1.29, 1.82) is 0 Å². The molecule has 158 valence electrons. The maximum Gasteiger partial charge on any atom is 0.332 e. The summed E-state index contributed by atoms with van der Waals surface area (Å²) in [5, 5.41) is 2.72. The maximum atomic E-state index is 12.8. The van der Waals surface area contributed by atoms with Crippen molar-refractivity contribution in [1.82, 2.24) is 9.62 Å². The highest BCUT2D eigenvalue weighted by Gasteiger charge is 2.34. The van der Waals surface area contributed by atoms with Crippen LogP contribution in [-0.2, 0) is 10.0 Å². The zero-order chi connectivity index (χ0) is 21.1. The van der Waals surface area contributed by atoms with Gasteiger partial charge in [0.05, 0.1) is 0 Å². The summed E-state index contributed by atoms with van der Waals surface area (Å²) < 4.78 is 27.9. The number of carbonyl (C=O) groups excluding carboxylic acids is 1. The van der Waals surface area contributed by atoms with Gasteiger partial charge in [0.1, 0.15) is 5.37 Å². The number of benzene rings is 1. The van der Waals surface area contributed by atoms with Crippen LogP contribution < -0.4 is 10.0 Å². The molecule has 1 heterocycles. The first-order chi connectivity index (χ1) is 13.1. The van der Waals surface area contributed by atoms with E-state index in [1.54, 1.807) is 0 Å². The van der Waals surface area contributed by atoms with E-state index in [1.807, 2.05) is 51.7 Å². The van der Waals surface area contributed by atoms with Crippen molar-refractivity contribution in [3.63, 3.8) is 0 Å². The topological polar surface area (TPSA) is 78.5 Å². The smallest absolute Gasteiger partial charge is 0.307 e. The van der Waals surface area contributed by atoms with Crippen LogP contribution in [-0.4, -0.2) is 37.8 Å². The summed E-state index contributed by atoms with van der Waals surface area (Å²) >= 11 is 6.26. The lowest BCUT2D eigenvalue weighted by atomic mass is 9.92. The van der Waals surface area contributed by atoms with Gasteiger partial charge in [-0.3, -0.25) is 4.90 Å². The fourth-order valence-corrected chi connectivity index (χ4v) is 5.52. The second-order valence-corrected chi connectivity index (χ2v) is 10.2. The fourth-order valence-electron chi connectivity index (χ4n) is 3.71. The van der Waals surface area contributed by atoms with Crippen molar-refractivity contribution >= 4 is 33.3 Å². The van der Waals surface area contributed by atoms with Crippen LogP contribution in [0.5, 0.6) is 0 Å². The SMILES string of the molecule is CCN1CCCCC1S(=O)(=O)NC(=O)Nc1c(C(C)C)cc(Cl)cc1C(C)C. The van der Waals surface area contributed by atoms with Crippen LogP contribution in [0.2, 0.25) is 5.02 Å². The second-order valence-electron chi connectivity index (χ2n) is 7.95. The molecule has 1 saturated heterocycles. The molecule has 28 heavy (non-hydrogen) atoms. The Balaban J connectivity index is 2.27. The second kappa shape index (κ2) is 9.46. The Morgan fingerprint density at radius 3 is 2.25 bits per heavy atom. The fraction of sp³-hybridized carbons (Fsp3) is 0.650. The number of likely N-dealkylation sites (tertiary alicyclic amines) is 1. The standard InChI is InChI=1S/C20H32ClN3O3S/c1-6-24-10-8-7-9-18(24)28(26,27)23-20(25)22-19-16(13(2)3)11-15(21)12-17(19)14(4)5/h11-14,18H,6-10H2,1-5H3,(H2,22,23,25). The highest BCUT2D eigenvalue weighted by Crippen LogP contribution is 2.35. The van der Waals surface area contributed by atoms with Gasteiger partial charge >= 0.3 is 6.03 Å². The van der Waals surface area contributed by atoms with Gasteiger partial charge in [-0.2, -0.15) is 0 Å². The molecule has 0 saturated carbocycles. The summed E-state index contributed by atoms with van der Waals surface area (Å²) in [7, 11) is -3.80. The Morgan fingerprint density at radius 2 is 1.75 bits per heavy atom. The van der Waals surface area contributed by atoms with Crippen LogP contribution in [0.25, 0.3) is 0 Å². The molecular formula is C20H32ClN3O3S. The van der Waals surface area contributed by atoms with Crippen molar-refractivity contribution in [2.75, 3.05) is 18.4 Å². The lowest BCUT2D eigenvalue weighted by Gasteiger charge is -2.34. The molecule has 1 atom stereocenters. The molecule has 0 spiro atoms. The molecule has 2 N–H and O–H groups in total. The summed E-state index contributed by atoms with van der Waals surface area (Å²) in [6, 6.07) is 2.91. The van der Waals surface area contributed by atoms with Crippen LogP contribution in [0.4, 0.5) is 10.5 Å². The minimum absolute atomic E-state index is 0.122. The highest BCUT2D eigenvalue weighted by molar-refractivity contribution is 7.90. The minimum atomic E-state index is -3.80. The normalized spacial score (nSPS) is 18.5. The number of rotatable bonds is 6. The lowest BCUT2D eigenvalue weighted by Crippen LogP contribution is -2.51. The Bertz CT molecular complexity index is 780. The molecule has 6 nitrogen and oxygen atoms in total. The molecule has 0 aliphatic carbocycles. The molecule has 8 heteroatoms. The zero-order valence-electron chi connectivity index (χ0n) is 17.4. The van der Waals surface area contributed by atoms with E-state index >= 15 is 0 Å². The summed E-state index contributed by atoms with van der Waals surface area (Å²) in [5.41, 5.74) is 2.41. The summed E-state index contributed by atoms with van der Waals surface area (Å²) in [6.45, 7) is 11.3. The molecule has 1 fully saturated rings. The molecule has 1 aromatic rings. The number of nitrogens with zero attached hydrogens (tertiary/aromatic N) is 1. The molecule has 0 aromatic heterocycles. The number of nitrogens with one attached hydrogen (secondary N) is 2. The van der Waals surface area contributed by atoms with Gasteiger partial charge in [-0.05, 0) is 67.4 Å². The van der Waals surface area contributed by atoms with Crippen molar-refractivity contribution in [3.05, 3.63) is 28.3 Å². The van der Waals surface area contributed by atoms with Gasteiger partial charge in [0.25, 0.3) is 10.0 Å². The Kier molecular flexibility index (Phi) is 7.76. The molecule has 0 radical (unpaired) electrons. The number of sulfonamides is 1. The maximum absolute atomic E-state index is 12.8. The molecule has 2 amide bonds. The third kappa shape index (κ3) is 5.39. The van der Waals surface area contributed by atoms with E-state index in [0.717, 1.165) is 30.5 Å². The first-order valence-corrected chi connectivity index (χ1v) is 11.9. The summed E-state index contributed by atoms with van der Waals surface area (Å²) in [6.07, 6.45) is 2.36. The van der Waals surface area contributed by atoms with Crippen LogP contribution in [0.15, 0.2) is 12.1 Å². The van der Waals surface area contributed by atoms with Crippen molar-refractivity contribution in [2.24, 2.45) is 0 Å². The molecule has 1 unspecified atom stereocenters. The van der Waals surface area contributed by atoms with E-state index in [1.165, 1.54) is 0 Å². The van der Waals surface area contributed by atoms with E-state index in [4.69, 9.17) is 11.6 Å². The van der Waals surface area contributed by atoms with E-state index in [0.29, 0.717) is 23.7 Å². The number of hydrogen-bond acceptors (Lipinski definition) is 4. The van der Waals surface area contributed by atoms with Crippen molar-refractivity contribution in [2.45, 2.75) is 71.1 Å². The van der Waals surface area contributed by atoms with Gasteiger partial charge in [0.15, 0.2) is 0 Å². The number of halogens is 1. The van der Waals surface area contributed by atoms with Crippen molar-refractivity contribution < 1.29 is 13.2 Å². The minimum Gasteiger partial charge on any atom is -0.307 e. The van der Waals surface area contributed by atoms with E-state index in [-0.39, 0.29) is 11.8 Å². The molecule has 0 bridgehead atoms. The van der Waals surface area contributed by atoms with Gasteiger partial charge in [0.2, 0.25) is 0 Å². The van der Waals surface area contributed by atoms with E-state index in [9.17, 15) is 13.2 Å². The summed E-state index contributed by atoms with van der Waals surface area (Å²) in [5.74, 6) is 0.245. The lowest BCUT2D eigenvalue weighted by molar-refractivity contribution is 0.206. The number of piperidine rings is 1. The molecule has 1 aliphatic heterocycles. The van der Waals surface area contributed by atoms with Crippen LogP contribution in [0, 0.1) is 0 Å². The number of hydrogen-bond donors (Lipinski definition) is 2. The average Bonchev–Trinajstić information content (AvgIpc) is 2.61. The molecular weight excluding hydrogens is 398 g/mol. The number of urea groups is 1. The molecule has 1 aromatic carbocycles. The monoisotopic (exact) mass is 429 g/mol. The number of carbonyl (C=O) groups is 1. The Morgan fingerprint density at radius 1 is 1.18 bits per heavy atom. The molecule has 1 aliphatic rings. The van der Waals surface area contributed by atoms with Crippen LogP contribution in [0.3, 0.4) is 0 Å². The quantitative estimate of drug-likeness (QED) is 0.676. The van der Waals surface area contributed by atoms with Crippen LogP contribution in [0.1, 0.15) is 76.8 Å².